The molecule has 4 atom stereocenters. The molecule has 1 heterocycles. The molecule has 39 heavy (non-hydrogen) atoms. The Balaban J connectivity index is 2.69. The van der Waals surface area contributed by atoms with Gasteiger partial charge in [-0.1, -0.05) is 86.6 Å². The Morgan fingerprint density at radius 3 is 2.51 bits per heavy atom. The Hall–Kier alpha value is -3.16. The van der Waals surface area contributed by atoms with Crippen LogP contribution in [0.3, 0.4) is 0 Å². The molecule has 214 valence electrons. The number of hydrogen-bond donors (Lipinski definition) is 2. The van der Waals surface area contributed by atoms with Gasteiger partial charge < -0.3 is 20.1 Å². The summed E-state index contributed by atoms with van der Waals surface area (Å²) in [5, 5.41) is 6.25. The van der Waals surface area contributed by atoms with Crippen LogP contribution in [-0.2, 0) is 23.9 Å². The predicted octanol–water partition coefficient (Wildman–Crippen LogP) is 5.82. The summed E-state index contributed by atoms with van der Waals surface area (Å²) in [6.07, 6.45) is 20.4. The highest BCUT2D eigenvalue weighted by atomic mass is 35.5. The molecule has 4 unspecified atom stereocenters. The lowest BCUT2D eigenvalue weighted by Gasteiger charge is -2.29. The van der Waals surface area contributed by atoms with E-state index in [0.717, 1.165) is 5.57 Å². The second-order valence-electron chi connectivity index (χ2n) is 10.4. The smallest absolute Gasteiger partial charge is 0.330 e. The SMILES string of the molecule is C=CC(C=C(C)C=CC=CC(=O)NC(C(=O)NC=CCC(CC=C(C)Cl)OC)C(C)(C)C)C1CC=CC(=O)O1. The molecular weight excluding hydrogens is 516 g/mol. The van der Waals surface area contributed by atoms with Crippen molar-refractivity contribution >= 4 is 29.4 Å². The molecule has 1 aliphatic rings. The van der Waals surface area contributed by atoms with Crippen molar-refractivity contribution in [3.05, 3.63) is 84.1 Å². The summed E-state index contributed by atoms with van der Waals surface area (Å²) in [7, 11) is 1.63. The number of esters is 1. The molecule has 0 bridgehead atoms. The van der Waals surface area contributed by atoms with Crippen LogP contribution in [0.5, 0.6) is 0 Å². The molecule has 2 amide bonds. The van der Waals surface area contributed by atoms with Gasteiger partial charge in [0.2, 0.25) is 11.8 Å². The van der Waals surface area contributed by atoms with Crippen molar-refractivity contribution < 1.29 is 23.9 Å². The first-order chi connectivity index (χ1) is 18.4. The van der Waals surface area contributed by atoms with Crippen molar-refractivity contribution in [1.82, 2.24) is 10.6 Å². The average molecular weight is 559 g/mol. The molecule has 0 aliphatic carbocycles. The minimum Gasteiger partial charge on any atom is -0.458 e. The molecule has 0 aromatic heterocycles. The van der Waals surface area contributed by atoms with E-state index in [1.165, 1.54) is 12.2 Å². The first-order valence-corrected chi connectivity index (χ1v) is 13.4. The van der Waals surface area contributed by atoms with E-state index in [1.54, 1.807) is 37.6 Å². The second-order valence-corrected chi connectivity index (χ2v) is 11.0. The Kier molecular flexibility index (Phi) is 15.1. The maximum absolute atomic E-state index is 12.8. The third-order valence-electron chi connectivity index (χ3n) is 5.92. The van der Waals surface area contributed by atoms with Crippen LogP contribution in [0.1, 0.15) is 53.9 Å². The molecule has 0 saturated heterocycles. The molecule has 0 radical (unpaired) electrons. The molecule has 0 aromatic carbocycles. The van der Waals surface area contributed by atoms with Crippen molar-refractivity contribution in [1.29, 1.82) is 0 Å². The Bertz CT molecular complexity index is 1030. The number of halogens is 1. The van der Waals surface area contributed by atoms with Gasteiger partial charge in [-0.15, -0.1) is 6.58 Å². The summed E-state index contributed by atoms with van der Waals surface area (Å²) in [6.45, 7) is 13.2. The summed E-state index contributed by atoms with van der Waals surface area (Å²) in [5.41, 5.74) is 0.421. The molecule has 0 fully saturated rings. The van der Waals surface area contributed by atoms with E-state index in [2.05, 4.69) is 17.2 Å². The van der Waals surface area contributed by atoms with Gasteiger partial charge in [0.25, 0.3) is 0 Å². The summed E-state index contributed by atoms with van der Waals surface area (Å²) in [4.78, 5) is 36.9. The van der Waals surface area contributed by atoms with Crippen molar-refractivity contribution in [2.75, 3.05) is 7.11 Å². The molecule has 8 heteroatoms. The molecule has 2 N–H and O–H groups in total. The van der Waals surface area contributed by atoms with Crippen LogP contribution in [0.4, 0.5) is 0 Å². The fourth-order valence-electron chi connectivity index (χ4n) is 3.70. The quantitative estimate of drug-likeness (QED) is 0.121. The van der Waals surface area contributed by atoms with Crippen LogP contribution < -0.4 is 10.6 Å². The van der Waals surface area contributed by atoms with Gasteiger partial charge in [-0.3, -0.25) is 9.59 Å². The second kappa shape index (κ2) is 17.4. The Morgan fingerprint density at radius 2 is 1.92 bits per heavy atom. The normalized spacial score (nSPS) is 19.3. The fourth-order valence-corrected chi connectivity index (χ4v) is 3.79. The number of rotatable bonds is 14. The highest BCUT2D eigenvalue weighted by Gasteiger charge is 2.31. The minimum absolute atomic E-state index is 0.0498. The fraction of sp³-hybridized carbons (Fsp3) is 0.452. The average Bonchev–Trinajstić information content (AvgIpc) is 2.87. The number of amides is 2. The van der Waals surface area contributed by atoms with E-state index >= 15 is 0 Å². The molecule has 0 saturated carbocycles. The van der Waals surface area contributed by atoms with Crippen molar-refractivity contribution in [2.45, 2.75) is 72.1 Å². The zero-order valence-electron chi connectivity index (χ0n) is 23.9. The standard InChI is InChI=1S/C31H43ClN2O5/c1-8-24(26-15-11-17-28(36)39-26)21-22(2)13-9-10-16-27(35)34-29(31(4,5)6)30(37)33-20-12-14-25(38-7)19-18-23(3)32/h8-13,16-18,20-21,24-26,29H,1,14-15,19H2,2-7H3,(H,33,37)(H,34,35). The lowest BCUT2D eigenvalue weighted by Crippen LogP contribution is -2.52. The minimum atomic E-state index is -0.745. The summed E-state index contributed by atoms with van der Waals surface area (Å²) >= 11 is 5.88. The third-order valence-corrected chi connectivity index (χ3v) is 6.07. The van der Waals surface area contributed by atoms with Crippen molar-refractivity contribution in [2.24, 2.45) is 11.3 Å². The van der Waals surface area contributed by atoms with Crippen LogP contribution in [-0.4, -0.2) is 43.1 Å². The zero-order chi connectivity index (χ0) is 29.4. The molecule has 1 rings (SSSR count). The summed E-state index contributed by atoms with van der Waals surface area (Å²) in [6, 6.07) is -0.745. The van der Waals surface area contributed by atoms with E-state index in [1.807, 2.05) is 58.9 Å². The molecule has 7 nitrogen and oxygen atoms in total. The lowest BCUT2D eigenvalue weighted by molar-refractivity contribution is -0.145. The highest BCUT2D eigenvalue weighted by Crippen LogP contribution is 2.21. The monoisotopic (exact) mass is 558 g/mol. The van der Waals surface area contributed by atoms with E-state index < -0.39 is 11.5 Å². The lowest BCUT2D eigenvalue weighted by atomic mass is 9.86. The molecule has 0 aromatic rings. The Labute approximate surface area is 238 Å². The van der Waals surface area contributed by atoms with Crippen LogP contribution in [0.2, 0.25) is 0 Å². The molecular formula is C31H43ClN2O5. The van der Waals surface area contributed by atoms with Crippen molar-refractivity contribution in [3.63, 3.8) is 0 Å². The largest absolute Gasteiger partial charge is 0.458 e. The van der Waals surface area contributed by atoms with Crippen LogP contribution in [0, 0.1) is 11.3 Å². The first kappa shape index (κ1) is 33.9. The van der Waals surface area contributed by atoms with Crippen LogP contribution in [0.15, 0.2) is 84.1 Å². The summed E-state index contributed by atoms with van der Waals surface area (Å²) in [5.74, 6) is -1.16. The maximum Gasteiger partial charge on any atom is 0.330 e. The number of methoxy groups -OCH3 is 1. The van der Waals surface area contributed by atoms with E-state index in [4.69, 9.17) is 21.1 Å². The highest BCUT2D eigenvalue weighted by molar-refractivity contribution is 6.29. The van der Waals surface area contributed by atoms with Gasteiger partial charge in [0, 0.05) is 36.6 Å². The van der Waals surface area contributed by atoms with Gasteiger partial charge in [0.15, 0.2) is 0 Å². The molecule has 1 aliphatic heterocycles. The Morgan fingerprint density at radius 1 is 1.23 bits per heavy atom. The van der Waals surface area contributed by atoms with Gasteiger partial charge in [-0.05, 0) is 38.3 Å². The number of ether oxygens (including phenoxy) is 2. The van der Waals surface area contributed by atoms with E-state index in [9.17, 15) is 14.4 Å². The number of carbonyl (C=O) groups is 3. The molecule has 0 spiro atoms. The van der Waals surface area contributed by atoms with Crippen LogP contribution >= 0.6 is 11.6 Å². The first-order valence-electron chi connectivity index (χ1n) is 13.0. The number of carbonyl (C=O) groups excluding carboxylic acids is 3. The number of hydrogen-bond acceptors (Lipinski definition) is 5. The zero-order valence-corrected chi connectivity index (χ0v) is 24.7. The van der Waals surface area contributed by atoms with Crippen LogP contribution in [0.25, 0.3) is 0 Å². The van der Waals surface area contributed by atoms with Gasteiger partial charge in [0.05, 0.1) is 6.10 Å². The van der Waals surface area contributed by atoms with Gasteiger partial charge in [0.1, 0.15) is 12.1 Å². The van der Waals surface area contributed by atoms with E-state index in [-0.39, 0.29) is 35.9 Å². The van der Waals surface area contributed by atoms with Gasteiger partial charge in [-0.25, -0.2) is 4.79 Å². The predicted molar refractivity (Wildman–Crippen MR) is 158 cm³/mol. The topological polar surface area (TPSA) is 93.7 Å². The van der Waals surface area contributed by atoms with E-state index in [0.29, 0.717) is 24.3 Å². The number of cyclic esters (lactones) is 1. The van der Waals surface area contributed by atoms with Crippen molar-refractivity contribution in [3.8, 4) is 0 Å². The van der Waals surface area contributed by atoms with Gasteiger partial charge in [-0.2, -0.15) is 0 Å². The maximum atomic E-state index is 12.8. The summed E-state index contributed by atoms with van der Waals surface area (Å²) < 4.78 is 10.8. The third kappa shape index (κ3) is 14.0. The van der Waals surface area contributed by atoms with Gasteiger partial charge >= 0.3 is 5.97 Å². The number of allylic oxidation sites excluding steroid dienone is 5. The number of nitrogens with one attached hydrogen (secondary N) is 2.